The maximum absolute atomic E-state index is 8.96. The van der Waals surface area contributed by atoms with Crippen molar-refractivity contribution in [1.29, 1.82) is 0 Å². The summed E-state index contributed by atoms with van der Waals surface area (Å²) in [6.45, 7) is 2.09. The van der Waals surface area contributed by atoms with Crippen LogP contribution in [0.4, 0.5) is 0 Å². The van der Waals surface area contributed by atoms with Gasteiger partial charge in [0.05, 0.1) is 6.61 Å². The molecule has 0 atom stereocenters. The van der Waals surface area contributed by atoms with E-state index in [1.54, 1.807) is 0 Å². The van der Waals surface area contributed by atoms with Crippen LogP contribution in [0, 0.1) is 0 Å². The van der Waals surface area contributed by atoms with Gasteiger partial charge in [0, 0.05) is 0 Å². The molecule has 0 spiro atoms. The van der Waals surface area contributed by atoms with Crippen molar-refractivity contribution in [2.24, 2.45) is 0 Å². The fourth-order valence-electron chi connectivity index (χ4n) is 1.82. The molecule has 2 rings (SSSR count). The number of fused-ring (bicyclic) bond motifs is 1. The molecule has 0 radical (unpaired) electrons. The SMILES string of the molecule is C/C(=C\Cc1cccc2ccccc12)CO. The molecule has 16 heavy (non-hydrogen) atoms. The molecule has 0 aliphatic rings. The molecule has 82 valence electrons. The molecule has 0 aromatic heterocycles. The normalized spacial score (nSPS) is 12.0. The standard InChI is InChI=1S/C15H16O/c1-12(11-16)9-10-14-7-4-6-13-5-2-3-8-15(13)14/h2-9,16H,10-11H2,1H3/b12-9+. The second-order valence-electron chi connectivity index (χ2n) is 4.05. The lowest BCUT2D eigenvalue weighted by atomic mass is 10.0. The molecule has 0 fully saturated rings. The van der Waals surface area contributed by atoms with E-state index in [-0.39, 0.29) is 6.61 Å². The van der Waals surface area contributed by atoms with Gasteiger partial charge in [-0.25, -0.2) is 0 Å². The molecule has 0 amide bonds. The van der Waals surface area contributed by atoms with E-state index in [0.29, 0.717) is 0 Å². The summed E-state index contributed by atoms with van der Waals surface area (Å²) >= 11 is 0. The quantitative estimate of drug-likeness (QED) is 0.774. The zero-order valence-corrected chi connectivity index (χ0v) is 9.48. The van der Waals surface area contributed by atoms with Crippen molar-refractivity contribution in [3.8, 4) is 0 Å². The summed E-state index contributed by atoms with van der Waals surface area (Å²) in [4.78, 5) is 0. The predicted octanol–water partition coefficient (Wildman–Crippen LogP) is 3.32. The van der Waals surface area contributed by atoms with E-state index >= 15 is 0 Å². The van der Waals surface area contributed by atoms with Crippen LogP contribution in [0.3, 0.4) is 0 Å². The van der Waals surface area contributed by atoms with Gasteiger partial charge in [0.25, 0.3) is 0 Å². The number of aliphatic hydroxyl groups excluding tert-OH is 1. The van der Waals surface area contributed by atoms with Gasteiger partial charge in [-0.2, -0.15) is 0 Å². The Hall–Kier alpha value is -1.60. The summed E-state index contributed by atoms with van der Waals surface area (Å²) in [7, 11) is 0. The van der Waals surface area contributed by atoms with Crippen molar-refractivity contribution in [3.05, 3.63) is 59.7 Å². The van der Waals surface area contributed by atoms with E-state index in [9.17, 15) is 0 Å². The Morgan fingerprint density at radius 1 is 1.12 bits per heavy atom. The first-order chi connectivity index (χ1) is 7.81. The maximum atomic E-state index is 8.96. The predicted molar refractivity (Wildman–Crippen MR) is 68.5 cm³/mol. The molecule has 1 N–H and O–H groups in total. The molecule has 2 aromatic carbocycles. The maximum Gasteiger partial charge on any atom is 0.0639 e. The Morgan fingerprint density at radius 3 is 2.69 bits per heavy atom. The highest BCUT2D eigenvalue weighted by Gasteiger charge is 1.98. The third-order valence-corrected chi connectivity index (χ3v) is 2.80. The van der Waals surface area contributed by atoms with E-state index in [2.05, 4.69) is 48.5 Å². The Labute approximate surface area is 96.0 Å². The van der Waals surface area contributed by atoms with Gasteiger partial charge in [0.15, 0.2) is 0 Å². The van der Waals surface area contributed by atoms with Crippen molar-refractivity contribution < 1.29 is 5.11 Å². The third-order valence-electron chi connectivity index (χ3n) is 2.80. The van der Waals surface area contributed by atoms with Crippen LogP contribution in [0.2, 0.25) is 0 Å². The number of allylic oxidation sites excluding steroid dienone is 1. The van der Waals surface area contributed by atoms with Crippen molar-refractivity contribution in [2.45, 2.75) is 13.3 Å². The molecule has 0 saturated heterocycles. The molecular formula is C15H16O. The van der Waals surface area contributed by atoms with Gasteiger partial charge in [-0.1, -0.05) is 54.1 Å². The minimum absolute atomic E-state index is 0.144. The zero-order chi connectivity index (χ0) is 11.4. The van der Waals surface area contributed by atoms with E-state index in [0.717, 1.165) is 12.0 Å². The Bertz CT molecular complexity index is 506. The summed E-state index contributed by atoms with van der Waals surface area (Å²) in [5.74, 6) is 0. The van der Waals surface area contributed by atoms with Crippen LogP contribution in [0.15, 0.2) is 54.1 Å². The average Bonchev–Trinajstić information content (AvgIpc) is 2.35. The summed E-state index contributed by atoms with van der Waals surface area (Å²) < 4.78 is 0. The summed E-state index contributed by atoms with van der Waals surface area (Å²) in [6, 6.07) is 14.7. The van der Waals surface area contributed by atoms with Gasteiger partial charge in [0.2, 0.25) is 0 Å². The van der Waals surface area contributed by atoms with Gasteiger partial charge >= 0.3 is 0 Å². The molecule has 0 bridgehead atoms. The van der Waals surface area contributed by atoms with Gasteiger partial charge < -0.3 is 5.11 Å². The third kappa shape index (κ3) is 2.31. The van der Waals surface area contributed by atoms with Crippen molar-refractivity contribution >= 4 is 10.8 Å². The zero-order valence-electron chi connectivity index (χ0n) is 9.48. The fraction of sp³-hybridized carbons (Fsp3) is 0.200. The molecule has 0 heterocycles. The minimum atomic E-state index is 0.144. The minimum Gasteiger partial charge on any atom is -0.392 e. The van der Waals surface area contributed by atoms with Gasteiger partial charge in [-0.15, -0.1) is 0 Å². The number of hydrogen-bond acceptors (Lipinski definition) is 1. The van der Waals surface area contributed by atoms with Crippen LogP contribution in [0.1, 0.15) is 12.5 Å². The van der Waals surface area contributed by atoms with Crippen LogP contribution in [-0.2, 0) is 6.42 Å². The van der Waals surface area contributed by atoms with Crippen LogP contribution in [-0.4, -0.2) is 11.7 Å². The highest BCUT2D eigenvalue weighted by molar-refractivity contribution is 5.85. The fourth-order valence-corrected chi connectivity index (χ4v) is 1.82. The second kappa shape index (κ2) is 4.95. The lowest BCUT2D eigenvalue weighted by Gasteiger charge is -2.04. The smallest absolute Gasteiger partial charge is 0.0639 e. The molecule has 0 saturated carbocycles. The molecule has 1 heteroatoms. The van der Waals surface area contributed by atoms with Gasteiger partial charge in [0.1, 0.15) is 0 Å². The Balaban J connectivity index is 2.37. The molecule has 0 aliphatic heterocycles. The lowest BCUT2D eigenvalue weighted by molar-refractivity contribution is 0.331. The first-order valence-corrected chi connectivity index (χ1v) is 5.54. The van der Waals surface area contributed by atoms with Crippen LogP contribution in [0.5, 0.6) is 0 Å². The van der Waals surface area contributed by atoms with Crippen molar-refractivity contribution in [2.75, 3.05) is 6.61 Å². The van der Waals surface area contributed by atoms with Crippen molar-refractivity contribution in [1.82, 2.24) is 0 Å². The largest absolute Gasteiger partial charge is 0.392 e. The molecule has 2 aromatic rings. The monoisotopic (exact) mass is 212 g/mol. The topological polar surface area (TPSA) is 20.2 Å². The first-order valence-electron chi connectivity index (χ1n) is 5.54. The highest BCUT2D eigenvalue weighted by Crippen LogP contribution is 2.19. The lowest BCUT2D eigenvalue weighted by Crippen LogP contribution is -1.88. The van der Waals surface area contributed by atoms with E-state index in [4.69, 9.17) is 5.11 Å². The number of hydrogen-bond donors (Lipinski definition) is 1. The van der Waals surface area contributed by atoms with Gasteiger partial charge in [-0.05, 0) is 29.7 Å². The first kappa shape index (κ1) is 10.9. The molecular weight excluding hydrogens is 196 g/mol. The number of aliphatic hydroxyl groups is 1. The number of rotatable bonds is 3. The Kier molecular flexibility index (Phi) is 3.37. The second-order valence-corrected chi connectivity index (χ2v) is 4.05. The van der Waals surface area contributed by atoms with E-state index < -0.39 is 0 Å². The molecule has 1 nitrogen and oxygen atoms in total. The summed E-state index contributed by atoms with van der Waals surface area (Å²) in [5, 5.41) is 11.5. The van der Waals surface area contributed by atoms with Crippen LogP contribution < -0.4 is 0 Å². The van der Waals surface area contributed by atoms with E-state index in [1.165, 1.54) is 16.3 Å². The summed E-state index contributed by atoms with van der Waals surface area (Å²) in [5.41, 5.74) is 2.33. The van der Waals surface area contributed by atoms with Crippen molar-refractivity contribution in [3.63, 3.8) is 0 Å². The average molecular weight is 212 g/mol. The highest BCUT2D eigenvalue weighted by atomic mass is 16.3. The van der Waals surface area contributed by atoms with Crippen LogP contribution in [0.25, 0.3) is 10.8 Å². The Morgan fingerprint density at radius 2 is 1.88 bits per heavy atom. The number of benzene rings is 2. The molecule has 0 aliphatic carbocycles. The van der Waals surface area contributed by atoms with Gasteiger partial charge in [-0.3, -0.25) is 0 Å². The molecule has 0 unspecified atom stereocenters. The summed E-state index contributed by atoms with van der Waals surface area (Å²) in [6.07, 6.45) is 2.97. The van der Waals surface area contributed by atoms with E-state index in [1.807, 2.05) is 6.92 Å². The van der Waals surface area contributed by atoms with Crippen LogP contribution >= 0.6 is 0 Å².